The van der Waals surface area contributed by atoms with Crippen LogP contribution in [-0.2, 0) is 47.9 Å². The van der Waals surface area contributed by atoms with E-state index in [1.807, 2.05) is 16.0 Å². The van der Waals surface area contributed by atoms with Gasteiger partial charge >= 0.3 is 29.8 Å². The molecule has 1 saturated heterocycles. The Morgan fingerprint density at radius 3 is 1.58 bits per heavy atom. The predicted octanol–water partition coefficient (Wildman–Crippen LogP) is -6.05. The number of anilines is 1. The molecule has 0 saturated carbocycles. The second-order valence-electron chi connectivity index (χ2n) is 11.0. The molecule has 2 aromatic heterocycles. The number of aliphatic hydroxyl groups is 2. The monoisotopic (exact) mass is 741 g/mol. The number of hydrogen-bond donors (Lipinski definition) is 12. The van der Waals surface area contributed by atoms with E-state index in [0.717, 1.165) is 17.2 Å². The van der Waals surface area contributed by atoms with Crippen molar-refractivity contribution >= 4 is 70.5 Å². The van der Waals surface area contributed by atoms with Crippen molar-refractivity contribution in [2.75, 3.05) is 5.73 Å². The topological polar surface area (TPSA) is 422 Å². The first kappa shape index (κ1) is 39.9. The molecule has 0 aromatic carbocycles. The van der Waals surface area contributed by atoms with Gasteiger partial charge in [0, 0.05) is 0 Å². The molecule has 3 heterocycles. The lowest BCUT2D eigenvalue weighted by Gasteiger charge is -2.25. The Bertz CT molecular complexity index is 1770. The summed E-state index contributed by atoms with van der Waals surface area (Å²) in [5, 5.41) is 74.5. The minimum absolute atomic E-state index is 0.0285. The van der Waals surface area contributed by atoms with Crippen LogP contribution in [-0.4, -0.2) is 151 Å². The summed E-state index contributed by atoms with van der Waals surface area (Å²) >= 11 is 0. The van der Waals surface area contributed by atoms with E-state index in [2.05, 4.69) is 15.0 Å². The third-order valence-electron chi connectivity index (χ3n) is 7.19. The zero-order valence-corrected chi connectivity index (χ0v) is 26.2. The summed E-state index contributed by atoms with van der Waals surface area (Å²) in [7, 11) is 0. The van der Waals surface area contributed by atoms with Gasteiger partial charge in [0.25, 0.3) is 5.91 Å². The normalized spacial score (nSPS) is 20.4. The molecule has 0 aliphatic carbocycles. The number of carboxylic acids is 5. The van der Waals surface area contributed by atoms with Crippen LogP contribution in [0, 0.1) is 0 Å². The molecule has 3 rings (SSSR count). The van der Waals surface area contributed by atoms with Crippen LogP contribution in [0.15, 0.2) is 12.7 Å². The first-order chi connectivity index (χ1) is 24.3. The third-order valence-corrected chi connectivity index (χ3v) is 7.19. The van der Waals surface area contributed by atoms with Gasteiger partial charge in [0.15, 0.2) is 23.8 Å². The maximum atomic E-state index is 13.2. The number of nitrogens with zero attached hydrogens (tertiary/aromatic N) is 4. The van der Waals surface area contributed by atoms with Crippen LogP contribution in [0.1, 0.15) is 31.9 Å². The quantitative estimate of drug-likeness (QED) is 0.0676. The number of nitrogen functional groups attached to an aromatic ring is 1. The molecule has 1 aliphatic heterocycles. The van der Waals surface area contributed by atoms with Crippen LogP contribution in [0.3, 0.4) is 0 Å². The largest absolute Gasteiger partial charge is 0.481 e. The molecule has 2 aromatic rings. The fourth-order valence-electron chi connectivity index (χ4n) is 4.76. The van der Waals surface area contributed by atoms with Crippen molar-refractivity contribution < 1.29 is 83.6 Å². The first-order valence-corrected chi connectivity index (χ1v) is 14.6. The molecule has 4 amide bonds. The first-order valence-electron chi connectivity index (χ1n) is 14.6. The van der Waals surface area contributed by atoms with E-state index >= 15 is 0 Å². The second kappa shape index (κ2) is 16.9. The van der Waals surface area contributed by atoms with Crippen LogP contribution in [0.4, 0.5) is 5.82 Å². The lowest BCUT2D eigenvalue weighted by Crippen LogP contribution is -2.59. The predicted molar refractivity (Wildman–Crippen MR) is 160 cm³/mol. The van der Waals surface area contributed by atoms with Crippen LogP contribution in [0.25, 0.3) is 11.2 Å². The number of nitrogens with two attached hydrogens (primary N) is 1. The molecule has 0 unspecified atom stereocenters. The fraction of sp³-hybridized carbons (Fsp3) is 0.462. The molecular formula is C26H31N9O17. The van der Waals surface area contributed by atoms with Gasteiger partial charge in [-0.2, -0.15) is 0 Å². The molecule has 52 heavy (non-hydrogen) atoms. The highest BCUT2D eigenvalue weighted by atomic mass is 16.6. The van der Waals surface area contributed by atoms with E-state index in [4.69, 9.17) is 20.7 Å². The van der Waals surface area contributed by atoms with Crippen LogP contribution >= 0.6 is 0 Å². The molecule has 8 atom stereocenters. The van der Waals surface area contributed by atoms with Gasteiger partial charge in [-0.05, 0) is 0 Å². The average Bonchev–Trinajstić information content (AvgIpc) is 3.59. The second-order valence-corrected chi connectivity index (χ2v) is 11.0. The summed E-state index contributed by atoms with van der Waals surface area (Å²) in [6.07, 6.45) is -10.0. The summed E-state index contributed by atoms with van der Waals surface area (Å²) in [6.45, 7) is 0. The van der Waals surface area contributed by atoms with Crippen molar-refractivity contribution in [1.29, 1.82) is 0 Å². The number of aliphatic hydroxyl groups excluding tert-OH is 2. The Morgan fingerprint density at radius 2 is 1.12 bits per heavy atom. The Labute approximate surface area is 288 Å². The van der Waals surface area contributed by atoms with Crippen molar-refractivity contribution in [3.8, 4) is 0 Å². The molecule has 1 aliphatic rings. The summed E-state index contributed by atoms with van der Waals surface area (Å²) in [5.41, 5.74) is 5.85. The van der Waals surface area contributed by atoms with Gasteiger partial charge in [0.2, 0.25) is 17.7 Å². The van der Waals surface area contributed by atoms with Gasteiger partial charge in [-0.3, -0.25) is 42.9 Å². The van der Waals surface area contributed by atoms with Gasteiger partial charge in [0.1, 0.15) is 48.2 Å². The highest BCUT2D eigenvalue weighted by molar-refractivity contribution is 5.98. The third kappa shape index (κ3) is 10.0. The Morgan fingerprint density at radius 1 is 0.673 bits per heavy atom. The van der Waals surface area contributed by atoms with E-state index in [1.165, 1.54) is 0 Å². The van der Waals surface area contributed by atoms with Crippen LogP contribution in [0.5, 0.6) is 0 Å². The number of aromatic nitrogens is 4. The number of imidazole rings is 1. The van der Waals surface area contributed by atoms with Crippen molar-refractivity contribution in [1.82, 2.24) is 40.8 Å². The Kier molecular flexibility index (Phi) is 13.0. The number of aliphatic carboxylic acids is 5. The highest BCUT2D eigenvalue weighted by Crippen LogP contribution is 2.32. The number of amides is 4. The van der Waals surface area contributed by atoms with E-state index in [0.29, 0.717) is 0 Å². The molecule has 1 fully saturated rings. The number of fused-ring (bicyclic) bond motifs is 1. The summed E-state index contributed by atoms with van der Waals surface area (Å²) in [6, 6.07) is -8.55. The Hall–Kier alpha value is -6.54. The number of nitrogens with one attached hydrogen (secondary N) is 4. The molecule has 282 valence electrons. The summed E-state index contributed by atoms with van der Waals surface area (Å²) < 4.78 is 6.60. The minimum atomic E-state index is -2.19. The molecule has 13 N–H and O–H groups in total. The maximum absolute atomic E-state index is 13.2. The van der Waals surface area contributed by atoms with Gasteiger partial charge in [0.05, 0.1) is 32.0 Å². The molecular weight excluding hydrogens is 710 g/mol. The Balaban J connectivity index is 1.79. The highest BCUT2D eigenvalue weighted by Gasteiger charge is 2.48. The van der Waals surface area contributed by atoms with Gasteiger partial charge in [-0.1, -0.05) is 0 Å². The number of carboxylic acid groups (broad SMARTS) is 5. The molecule has 26 nitrogen and oxygen atoms in total. The number of ether oxygens (including phenoxy) is 1. The SMILES string of the molecule is Nc1ncnc2c1ncn2[C@@H]1O[C@H](C(=O)N[C@@H](CC(=O)O)C(=O)N[C@@H](CC(=O)O)C(=O)N[C@@H](CC(=O)O)C(=O)N[C@@H](CC(=O)O)C(=O)O)[C@@H](O)[C@H]1O. The molecule has 0 bridgehead atoms. The molecule has 0 spiro atoms. The number of rotatable bonds is 18. The average molecular weight is 742 g/mol. The van der Waals surface area contributed by atoms with E-state index in [1.54, 1.807) is 5.32 Å². The lowest BCUT2D eigenvalue weighted by atomic mass is 10.1. The molecule has 0 radical (unpaired) electrons. The summed E-state index contributed by atoms with van der Waals surface area (Å²) in [5.74, 6) is -14.7. The molecule has 26 heteroatoms. The summed E-state index contributed by atoms with van der Waals surface area (Å²) in [4.78, 5) is 120. The smallest absolute Gasteiger partial charge is 0.326 e. The van der Waals surface area contributed by atoms with Crippen LogP contribution in [0.2, 0.25) is 0 Å². The van der Waals surface area contributed by atoms with Crippen molar-refractivity contribution in [2.45, 2.75) is 74.4 Å². The standard InChI is InChI=1S/C26H31N9O17/c27-19-15-20(29-5-28-19)35(6-30-15)25-17(45)16(44)18(52-25)24(49)33-9(3-13(40)41)22(47)31-7(1-11(36)37)21(46)32-8(2-12(38)39)23(48)34-10(26(50)51)4-14(42)43/h5-10,16-18,25,44-45H,1-4H2,(H,31,47)(H,32,46)(H,33,49)(H,34,48)(H,36,37)(H,38,39)(H,40,41)(H,42,43)(H,50,51)(H2,27,28,29)/t7-,8-,9-,10-,16-,17+,18-,25+/m0/s1. The van der Waals surface area contributed by atoms with E-state index in [9.17, 15) is 68.7 Å². The minimum Gasteiger partial charge on any atom is -0.481 e. The van der Waals surface area contributed by atoms with Crippen molar-refractivity contribution in [3.63, 3.8) is 0 Å². The van der Waals surface area contributed by atoms with Crippen molar-refractivity contribution in [3.05, 3.63) is 12.7 Å². The van der Waals surface area contributed by atoms with E-state index in [-0.39, 0.29) is 17.0 Å². The van der Waals surface area contributed by atoms with Crippen LogP contribution < -0.4 is 27.0 Å². The maximum Gasteiger partial charge on any atom is 0.326 e. The number of hydrogen-bond acceptors (Lipinski definition) is 16. The number of carbonyl (C=O) groups is 9. The zero-order valence-electron chi connectivity index (χ0n) is 26.2. The van der Waals surface area contributed by atoms with Gasteiger partial charge in [-0.25, -0.2) is 19.7 Å². The van der Waals surface area contributed by atoms with Crippen molar-refractivity contribution in [2.24, 2.45) is 0 Å². The van der Waals surface area contributed by atoms with E-state index < -0.39 is 128 Å². The number of carbonyl (C=O) groups excluding carboxylic acids is 4. The lowest BCUT2D eigenvalue weighted by molar-refractivity contribution is -0.148. The zero-order chi connectivity index (χ0) is 39.0. The van der Waals surface area contributed by atoms with Gasteiger partial charge in [-0.15, -0.1) is 0 Å². The fourth-order valence-corrected chi connectivity index (χ4v) is 4.76. The van der Waals surface area contributed by atoms with Gasteiger partial charge < -0.3 is 67.5 Å².